The van der Waals surface area contributed by atoms with Gasteiger partial charge in [-0.1, -0.05) is 35.0 Å². The maximum atomic E-state index is 13.6. The molecule has 2 amide bonds. The predicted octanol–water partition coefficient (Wildman–Crippen LogP) is 4.47. The lowest BCUT2D eigenvalue weighted by molar-refractivity contribution is 0.251. The number of anilines is 1. The highest BCUT2D eigenvalue weighted by Gasteiger charge is 2.06. The summed E-state index contributed by atoms with van der Waals surface area (Å²) < 4.78 is 14.3. The Morgan fingerprint density at radius 1 is 1.24 bits per heavy atom. The normalized spacial score (nSPS) is 10.2. The maximum Gasteiger partial charge on any atom is 0.319 e. The number of urea groups is 1. The summed E-state index contributed by atoms with van der Waals surface area (Å²) in [6, 6.07) is 11.9. The first-order valence-corrected chi connectivity index (χ1v) is 7.45. The fourth-order valence-electron chi connectivity index (χ4n) is 1.90. The second kappa shape index (κ2) is 7.22. The van der Waals surface area contributed by atoms with Gasteiger partial charge in [0.25, 0.3) is 0 Å². The molecule has 2 rings (SSSR count). The fraction of sp³-hybridized carbons (Fsp3) is 0.188. The molecule has 2 aromatic rings. The van der Waals surface area contributed by atoms with E-state index in [0.717, 1.165) is 22.1 Å². The van der Waals surface area contributed by atoms with E-state index in [4.69, 9.17) is 0 Å². The van der Waals surface area contributed by atoms with Crippen molar-refractivity contribution in [1.29, 1.82) is 0 Å². The molecule has 2 aromatic carbocycles. The fourth-order valence-corrected chi connectivity index (χ4v) is 2.31. The average molecular weight is 351 g/mol. The van der Waals surface area contributed by atoms with E-state index in [1.807, 2.05) is 24.3 Å². The Kier molecular flexibility index (Phi) is 5.33. The molecule has 0 unspecified atom stereocenters. The minimum Gasteiger partial charge on any atom is -0.334 e. The van der Waals surface area contributed by atoms with Gasteiger partial charge < -0.3 is 10.6 Å². The van der Waals surface area contributed by atoms with Gasteiger partial charge in [-0.05, 0) is 42.3 Å². The summed E-state index contributed by atoms with van der Waals surface area (Å²) in [5, 5.41) is 5.38. The highest BCUT2D eigenvalue weighted by atomic mass is 79.9. The van der Waals surface area contributed by atoms with Crippen molar-refractivity contribution in [2.75, 3.05) is 5.32 Å². The average Bonchev–Trinajstić information content (AvgIpc) is 2.48. The Hall–Kier alpha value is -1.88. The summed E-state index contributed by atoms with van der Waals surface area (Å²) in [5.41, 5.74) is 2.30. The van der Waals surface area contributed by atoms with Crippen LogP contribution in [0.2, 0.25) is 0 Å². The van der Waals surface area contributed by atoms with Crippen molar-refractivity contribution in [2.45, 2.75) is 19.9 Å². The topological polar surface area (TPSA) is 41.1 Å². The lowest BCUT2D eigenvalue weighted by Crippen LogP contribution is -2.28. The molecular weight excluding hydrogens is 335 g/mol. The standard InChI is InChI=1S/C16H16BrFN2O/c1-2-11-4-3-5-14(8-11)20-16(21)19-10-12-9-13(17)6-7-15(12)18/h3-9H,2,10H2,1H3,(H2,19,20,21). The molecular formula is C16H16BrFN2O. The van der Waals surface area contributed by atoms with Crippen molar-refractivity contribution in [3.05, 3.63) is 63.9 Å². The zero-order valence-electron chi connectivity index (χ0n) is 11.6. The lowest BCUT2D eigenvalue weighted by Gasteiger charge is -2.09. The number of carbonyl (C=O) groups excluding carboxylic acids is 1. The maximum absolute atomic E-state index is 13.6. The minimum absolute atomic E-state index is 0.130. The van der Waals surface area contributed by atoms with Crippen molar-refractivity contribution in [1.82, 2.24) is 5.32 Å². The van der Waals surface area contributed by atoms with Crippen LogP contribution in [-0.4, -0.2) is 6.03 Å². The number of rotatable bonds is 4. The van der Waals surface area contributed by atoms with Crippen LogP contribution < -0.4 is 10.6 Å². The molecule has 0 aromatic heterocycles. The van der Waals surface area contributed by atoms with Crippen LogP contribution in [0.15, 0.2) is 46.9 Å². The Morgan fingerprint density at radius 3 is 2.81 bits per heavy atom. The summed E-state index contributed by atoms with van der Waals surface area (Å²) in [7, 11) is 0. The zero-order chi connectivity index (χ0) is 15.2. The van der Waals surface area contributed by atoms with Gasteiger partial charge >= 0.3 is 6.03 Å². The van der Waals surface area contributed by atoms with Crippen LogP contribution >= 0.6 is 15.9 Å². The highest BCUT2D eigenvalue weighted by molar-refractivity contribution is 9.10. The van der Waals surface area contributed by atoms with Crippen molar-refractivity contribution in [2.24, 2.45) is 0 Å². The van der Waals surface area contributed by atoms with Gasteiger partial charge in [0.2, 0.25) is 0 Å². The van der Waals surface area contributed by atoms with Crippen LogP contribution in [-0.2, 0) is 13.0 Å². The summed E-state index contributed by atoms with van der Waals surface area (Å²) in [4.78, 5) is 11.8. The van der Waals surface area contributed by atoms with Gasteiger partial charge in [0.15, 0.2) is 0 Å². The van der Waals surface area contributed by atoms with Gasteiger partial charge in [-0.3, -0.25) is 0 Å². The predicted molar refractivity (Wildman–Crippen MR) is 85.8 cm³/mol. The number of benzene rings is 2. The molecule has 0 saturated heterocycles. The first-order chi connectivity index (χ1) is 10.1. The number of amides is 2. The third-order valence-electron chi connectivity index (χ3n) is 3.04. The molecule has 0 aliphatic carbocycles. The molecule has 110 valence electrons. The molecule has 0 bridgehead atoms. The Balaban J connectivity index is 1.94. The van der Waals surface area contributed by atoms with E-state index in [1.165, 1.54) is 6.07 Å². The Labute approximate surface area is 131 Å². The third-order valence-corrected chi connectivity index (χ3v) is 3.53. The first-order valence-electron chi connectivity index (χ1n) is 6.66. The molecule has 0 atom stereocenters. The minimum atomic E-state index is -0.359. The van der Waals surface area contributed by atoms with E-state index in [9.17, 15) is 9.18 Å². The van der Waals surface area contributed by atoms with Gasteiger partial charge in [0.1, 0.15) is 5.82 Å². The van der Waals surface area contributed by atoms with Crippen LogP contribution in [0, 0.1) is 5.82 Å². The second-order valence-corrected chi connectivity index (χ2v) is 5.51. The van der Waals surface area contributed by atoms with Gasteiger partial charge in [-0.25, -0.2) is 9.18 Å². The molecule has 0 radical (unpaired) electrons. The summed E-state index contributed by atoms with van der Waals surface area (Å²) in [5.74, 6) is -0.341. The summed E-state index contributed by atoms with van der Waals surface area (Å²) in [6.45, 7) is 2.18. The molecule has 0 spiro atoms. The lowest BCUT2D eigenvalue weighted by atomic mass is 10.1. The molecule has 0 aliphatic rings. The highest BCUT2D eigenvalue weighted by Crippen LogP contribution is 2.15. The quantitative estimate of drug-likeness (QED) is 0.838. The van der Waals surface area contributed by atoms with E-state index in [-0.39, 0.29) is 18.4 Å². The number of nitrogens with one attached hydrogen (secondary N) is 2. The van der Waals surface area contributed by atoms with Crippen LogP contribution in [0.3, 0.4) is 0 Å². The van der Waals surface area contributed by atoms with E-state index < -0.39 is 0 Å². The van der Waals surface area contributed by atoms with Crippen LogP contribution in [0.5, 0.6) is 0 Å². The van der Waals surface area contributed by atoms with E-state index >= 15 is 0 Å². The van der Waals surface area contributed by atoms with E-state index in [1.54, 1.807) is 12.1 Å². The van der Waals surface area contributed by atoms with Gasteiger partial charge in [-0.2, -0.15) is 0 Å². The summed E-state index contributed by atoms with van der Waals surface area (Å²) >= 11 is 3.28. The smallest absolute Gasteiger partial charge is 0.319 e. The molecule has 0 aliphatic heterocycles. The molecule has 0 fully saturated rings. The van der Waals surface area contributed by atoms with E-state index in [0.29, 0.717) is 5.56 Å². The number of halogens is 2. The summed E-state index contributed by atoms with van der Waals surface area (Å²) in [6.07, 6.45) is 0.903. The second-order valence-electron chi connectivity index (χ2n) is 4.60. The monoisotopic (exact) mass is 350 g/mol. The molecule has 21 heavy (non-hydrogen) atoms. The number of hydrogen-bond donors (Lipinski definition) is 2. The first kappa shape index (κ1) is 15.5. The SMILES string of the molecule is CCc1cccc(NC(=O)NCc2cc(Br)ccc2F)c1. The molecule has 0 heterocycles. The van der Waals surface area contributed by atoms with Gasteiger partial charge in [-0.15, -0.1) is 0 Å². The number of carbonyl (C=O) groups is 1. The van der Waals surface area contributed by atoms with Crippen LogP contribution in [0.25, 0.3) is 0 Å². The molecule has 5 heteroatoms. The van der Waals surface area contributed by atoms with Crippen molar-refractivity contribution in [3.8, 4) is 0 Å². The Morgan fingerprint density at radius 2 is 2.05 bits per heavy atom. The zero-order valence-corrected chi connectivity index (χ0v) is 13.2. The van der Waals surface area contributed by atoms with Gasteiger partial charge in [0, 0.05) is 22.3 Å². The number of hydrogen-bond acceptors (Lipinski definition) is 1. The number of aryl methyl sites for hydroxylation is 1. The van der Waals surface area contributed by atoms with Crippen molar-refractivity contribution in [3.63, 3.8) is 0 Å². The third kappa shape index (κ3) is 4.56. The molecule has 3 nitrogen and oxygen atoms in total. The largest absolute Gasteiger partial charge is 0.334 e. The van der Waals surface area contributed by atoms with E-state index in [2.05, 4.69) is 33.5 Å². The molecule has 0 saturated carbocycles. The Bertz CT molecular complexity index is 646. The van der Waals surface area contributed by atoms with Crippen molar-refractivity contribution >= 4 is 27.6 Å². The van der Waals surface area contributed by atoms with Crippen LogP contribution in [0.1, 0.15) is 18.1 Å². The van der Waals surface area contributed by atoms with Gasteiger partial charge in [0.05, 0.1) is 0 Å². The molecule has 2 N–H and O–H groups in total. The van der Waals surface area contributed by atoms with Crippen LogP contribution in [0.4, 0.5) is 14.9 Å². The van der Waals surface area contributed by atoms with Crippen molar-refractivity contribution < 1.29 is 9.18 Å².